The van der Waals surface area contributed by atoms with Gasteiger partial charge in [0.1, 0.15) is 0 Å². The molecule has 0 spiro atoms. The van der Waals surface area contributed by atoms with E-state index in [1.807, 2.05) is 0 Å². The molecule has 0 saturated heterocycles. The smallest absolute Gasteiger partial charge is 0.0277 e. The van der Waals surface area contributed by atoms with Crippen molar-refractivity contribution >= 4 is 11.6 Å². The minimum atomic E-state index is 0.166. The Bertz CT molecular complexity index is 97.8. The van der Waals surface area contributed by atoms with E-state index in [1.165, 1.54) is 0 Å². The molecule has 0 nitrogen and oxygen atoms in total. The summed E-state index contributed by atoms with van der Waals surface area (Å²) >= 11 is 5.77. The van der Waals surface area contributed by atoms with Crippen LogP contribution in [0.25, 0.3) is 0 Å². The summed E-state index contributed by atoms with van der Waals surface area (Å²) in [5.41, 5.74) is 0.443. The molecule has 0 aromatic carbocycles. The van der Waals surface area contributed by atoms with E-state index in [0.717, 1.165) is 0 Å². The fourth-order valence-electron chi connectivity index (χ4n) is 1.21. The van der Waals surface area contributed by atoms with Crippen molar-refractivity contribution in [2.24, 2.45) is 10.8 Å². The maximum atomic E-state index is 5.77. The van der Waals surface area contributed by atoms with Crippen LogP contribution in [-0.4, -0.2) is 5.88 Å². The van der Waals surface area contributed by atoms with Gasteiger partial charge in [-0.3, -0.25) is 0 Å². The molecule has 0 fully saturated rings. The summed E-state index contributed by atoms with van der Waals surface area (Å²) in [4.78, 5) is 0. The Morgan fingerprint density at radius 3 is 1.60 bits per heavy atom. The largest absolute Gasteiger partial charge is 0.126 e. The Labute approximate surface area is 70.0 Å². The zero-order valence-electron chi connectivity index (χ0n) is 7.66. The highest BCUT2D eigenvalue weighted by Crippen LogP contribution is 2.32. The quantitative estimate of drug-likeness (QED) is 0.544. The van der Waals surface area contributed by atoms with Gasteiger partial charge in [0.25, 0.3) is 0 Å². The van der Waals surface area contributed by atoms with Crippen molar-refractivity contribution in [2.75, 3.05) is 5.88 Å². The first-order valence-electron chi connectivity index (χ1n) is 3.70. The topological polar surface area (TPSA) is 0 Å². The van der Waals surface area contributed by atoms with Crippen molar-refractivity contribution in [2.45, 2.75) is 34.6 Å². The molecule has 0 amide bonds. The lowest BCUT2D eigenvalue weighted by Gasteiger charge is -2.29. The van der Waals surface area contributed by atoms with Crippen molar-refractivity contribution in [3.05, 3.63) is 6.42 Å². The fraction of sp³-hybridized carbons (Fsp3) is 0.889. The van der Waals surface area contributed by atoms with Crippen LogP contribution in [0.2, 0.25) is 0 Å². The van der Waals surface area contributed by atoms with Crippen molar-refractivity contribution < 1.29 is 0 Å². The van der Waals surface area contributed by atoms with Crippen LogP contribution in [0, 0.1) is 17.3 Å². The Balaban J connectivity index is 3.89. The lowest BCUT2D eigenvalue weighted by Crippen LogP contribution is -2.23. The molecule has 0 saturated carbocycles. The minimum Gasteiger partial charge on any atom is -0.126 e. The van der Waals surface area contributed by atoms with Crippen LogP contribution in [0.15, 0.2) is 0 Å². The zero-order valence-corrected chi connectivity index (χ0v) is 8.42. The van der Waals surface area contributed by atoms with Crippen molar-refractivity contribution in [3.63, 3.8) is 0 Å². The second kappa shape index (κ2) is 3.13. The molecular formula is C9H18Cl. The molecule has 0 unspecified atom stereocenters. The number of hydrogen-bond donors (Lipinski definition) is 0. The van der Waals surface area contributed by atoms with Gasteiger partial charge >= 0.3 is 0 Å². The lowest BCUT2D eigenvalue weighted by molar-refractivity contribution is 0.355. The summed E-state index contributed by atoms with van der Waals surface area (Å²) in [6.07, 6.45) is 2.30. The Hall–Kier alpha value is 0.290. The summed E-state index contributed by atoms with van der Waals surface area (Å²) < 4.78 is 0. The maximum absolute atomic E-state index is 5.77. The first-order valence-corrected chi connectivity index (χ1v) is 4.23. The molecule has 0 heterocycles. The SMILES string of the molecule is CC(C)(C)[CH]C(C)(C)CCl. The van der Waals surface area contributed by atoms with E-state index in [2.05, 4.69) is 41.0 Å². The summed E-state index contributed by atoms with van der Waals surface area (Å²) in [5, 5.41) is 0. The molecule has 0 N–H and O–H groups in total. The van der Waals surface area contributed by atoms with Gasteiger partial charge in [0.15, 0.2) is 0 Å². The van der Waals surface area contributed by atoms with Crippen LogP contribution in [0.3, 0.4) is 0 Å². The molecule has 1 radical (unpaired) electrons. The van der Waals surface area contributed by atoms with E-state index < -0.39 is 0 Å². The van der Waals surface area contributed by atoms with Gasteiger partial charge in [0.2, 0.25) is 0 Å². The van der Waals surface area contributed by atoms with E-state index in [1.54, 1.807) is 0 Å². The van der Waals surface area contributed by atoms with Crippen LogP contribution in [-0.2, 0) is 0 Å². The normalized spacial score (nSPS) is 13.8. The molecule has 1 heteroatoms. The third-order valence-electron chi connectivity index (χ3n) is 1.17. The maximum Gasteiger partial charge on any atom is 0.0277 e. The summed E-state index contributed by atoms with van der Waals surface area (Å²) in [7, 11) is 0. The van der Waals surface area contributed by atoms with Crippen LogP contribution < -0.4 is 0 Å². The van der Waals surface area contributed by atoms with Gasteiger partial charge in [-0.2, -0.15) is 0 Å². The van der Waals surface area contributed by atoms with Crippen LogP contribution >= 0.6 is 11.6 Å². The van der Waals surface area contributed by atoms with Gasteiger partial charge in [0, 0.05) is 5.88 Å². The first-order chi connectivity index (χ1) is 4.27. The molecular weight excluding hydrogens is 144 g/mol. The molecule has 0 rings (SSSR count). The molecule has 0 atom stereocenters. The summed E-state index contributed by atoms with van der Waals surface area (Å²) in [6.45, 7) is 10.9. The van der Waals surface area contributed by atoms with Crippen molar-refractivity contribution in [3.8, 4) is 0 Å². The first kappa shape index (κ1) is 10.3. The summed E-state index contributed by atoms with van der Waals surface area (Å²) in [6, 6.07) is 0. The molecule has 0 bridgehead atoms. The monoisotopic (exact) mass is 161 g/mol. The second-order valence-electron chi connectivity index (χ2n) is 4.63. The molecule has 0 aromatic rings. The Morgan fingerprint density at radius 2 is 1.50 bits per heavy atom. The number of hydrogen-bond acceptors (Lipinski definition) is 0. The number of halogens is 1. The van der Waals surface area contributed by atoms with Gasteiger partial charge < -0.3 is 0 Å². The molecule has 0 aromatic heterocycles. The highest BCUT2D eigenvalue weighted by Gasteiger charge is 2.24. The molecule has 10 heavy (non-hydrogen) atoms. The van der Waals surface area contributed by atoms with Crippen LogP contribution in [0.4, 0.5) is 0 Å². The summed E-state index contributed by atoms with van der Waals surface area (Å²) in [5.74, 6) is 0.699. The van der Waals surface area contributed by atoms with Gasteiger partial charge in [-0.1, -0.05) is 34.6 Å². The van der Waals surface area contributed by atoms with Gasteiger partial charge in [-0.05, 0) is 17.3 Å². The highest BCUT2D eigenvalue weighted by molar-refractivity contribution is 6.18. The van der Waals surface area contributed by atoms with Crippen molar-refractivity contribution in [1.29, 1.82) is 0 Å². The van der Waals surface area contributed by atoms with Gasteiger partial charge in [-0.25, -0.2) is 0 Å². The van der Waals surface area contributed by atoms with Crippen molar-refractivity contribution in [1.82, 2.24) is 0 Å². The van der Waals surface area contributed by atoms with E-state index >= 15 is 0 Å². The number of rotatable bonds is 2. The number of alkyl halides is 1. The van der Waals surface area contributed by atoms with Crippen LogP contribution in [0.1, 0.15) is 34.6 Å². The third kappa shape index (κ3) is 5.10. The van der Waals surface area contributed by atoms with Crippen LogP contribution in [0.5, 0.6) is 0 Å². The fourth-order valence-corrected chi connectivity index (χ4v) is 1.29. The van der Waals surface area contributed by atoms with E-state index in [0.29, 0.717) is 5.88 Å². The predicted octanol–water partition coefficient (Wildman–Crippen LogP) is 3.50. The van der Waals surface area contributed by atoms with E-state index in [-0.39, 0.29) is 10.8 Å². The molecule has 0 aliphatic heterocycles. The molecule has 61 valence electrons. The minimum absolute atomic E-state index is 0.166. The second-order valence-corrected chi connectivity index (χ2v) is 4.90. The molecule has 0 aliphatic rings. The Morgan fingerprint density at radius 1 is 1.10 bits per heavy atom. The average Bonchev–Trinajstić information content (AvgIpc) is 1.60. The van der Waals surface area contributed by atoms with E-state index in [4.69, 9.17) is 11.6 Å². The molecule has 0 aliphatic carbocycles. The van der Waals surface area contributed by atoms with Gasteiger partial charge in [0.05, 0.1) is 0 Å². The standard InChI is InChI=1S/C9H18Cl/c1-8(2,3)6-9(4,5)7-10/h6H,7H2,1-5H3. The predicted molar refractivity (Wildman–Crippen MR) is 48.3 cm³/mol. The average molecular weight is 162 g/mol. The Kier molecular flexibility index (Phi) is 3.22. The third-order valence-corrected chi connectivity index (χ3v) is 1.86. The zero-order chi connectivity index (χ0) is 8.41. The lowest BCUT2D eigenvalue weighted by atomic mass is 9.77. The highest BCUT2D eigenvalue weighted by atomic mass is 35.5. The van der Waals surface area contributed by atoms with E-state index in [9.17, 15) is 0 Å². The van der Waals surface area contributed by atoms with Gasteiger partial charge in [-0.15, -0.1) is 11.6 Å².